The predicted molar refractivity (Wildman–Crippen MR) is 117 cm³/mol. The van der Waals surface area contributed by atoms with E-state index in [2.05, 4.69) is 24.4 Å². The molecule has 0 aliphatic heterocycles. The molecule has 0 heterocycles. The van der Waals surface area contributed by atoms with Crippen LogP contribution in [0.5, 0.6) is 5.75 Å². The molecule has 0 saturated carbocycles. The Morgan fingerprint density at radius 2 is 1.63 bits per heavy atom. The molecule has 0 aliphatic rings. The second kappa shape index (κ2) is 9.00. The Morgan fingerprint density at radius 3 is 2.27 bits per heavy atom. The molecule has 3 rings (SSSR count). The second-order valence-corrected chi connectivity index (χ2v) is 8.83. The molecule has 7 heteroatoms. The molecule has 0 radical (unpaired) electrons. The van der Waals surface area contributed by atoms with E-state index in [-0.39, 0.29) is 4.90 Å². The monoisotopic (exact) mass is 425 g/mol. The first-order valence-corrected chi connectivity index (χ1v) is 11.0. The number of aliphatic carboxylic acids is 1. The van der Waals surface area contributed by atoms with Crippen molar-refractivity contribution in [2.24, 2.45) is 0 Å². The number of anilines is 1. The maximum atomic E-state index is 12.0. The van der Waals surface area contributed by atoms with Crippen molar-refractivity contribution in [1.29, 1.82) is 0 Å². The molecule has 3 aromatic carbocycles. The molecule has 0 bridgehead atoms. The maximum absolute atomic E-state index is 12.0. The number of ether oxygens (including phenoxy) is 1. The van der Waals surface area contributed by atoms with Gasteiger partial charge in [0.15, 0.2) is 15.6 Å². The van der Waals surface area contributed by atoms with Crippen LogP contribution in [0.15, 0.2) is 71.6 Å². The van der Waals surface area contributed by atoms with Crippen molar-refractivity contribution in [3.05, 3.63) is 77.9 Å². The fourth-order valence-electron chi connectivity index (χ4n) is 3.28. The van der Waals surface area contributed by atoms with Gasteiger partial charge in [0.2, 0.25) is 0 Å². The molecule has 0 unspecified atom stereocenters. The maximum Gasteiger partial charge on any atom is 0.319 e. The van der Waals surface area contributed by atoms with Crippen LogP contribution >= 0.6 is 0 Å². The van der Waals surface area contributed by atoms with Crippen LogP contribution in [-0.2, 0) is 21.2 Å². The van der Waals surface area contributed by atoms with Crippen LogP contribution in [0.4, 0.5) is 5.69 Å². The summed E-state index contributed by atoms with van der Waals surface area (Å²) in [5, 5.41) is 12.0. The largest absolute Gasteiger partial charge is 0.496 e. The van der Waals surface area contributed by atoms with Crippen LogP contribution in [0.3, 0.4) is 0 Å². The molecule has 0 spiro atoms. The highest BCUT2D eigenvalue weighted by Crippen LogP contribution is 2.35. The first kappa shape index (κ1) is 21.4. The molecular formula is C23H23NO5S. The van der Waals surface area contributed by atoms with Crippen molar-refractivity contribution >= 4 is 21.5 Å². The minimum Gasteiger partial charge on any atom is -0.496 e. The van der Waals surface area contributed by atoms with E-state index in [1.54, 1.807) is 19.2 Å². The fraction of sp³-hybridized carbons (Fsp3) is 0.174. The van der Waals surface area contributed by atoms with E-state index < -0.39 is 21.6 Å². The molecule has 0 aliphatic carbocycles. The third kappa shape index (κ3) is 4.80. The summed E-state index contributed by atoms with van der Waals surface area (Å²) in [7, 11) is -2.20. The lowest BCUT2D eigenvalue weighted by atomic mass is 9.97. The van der Waals surface area contributed by atoms with Gasteiger partial charge in [0, 0.05) is 23.4 Å². The van der Waals surface area contributed by atoms with Crippen LogP contribution < -0.4 is 10.1 Å². The summed E-state index contributed by atoms with van der Waals surface area (Å²) in [5.41, 5.74) is 4.93. The normalized spacial score (nSPS) is 11.1. The van der Waals surface area contributed by atoms with Crippen LogP contribution in [0.25, 0.3) is 11.1 Å². The highest BCUT2D eigenvalue weighted by Gasteiger charge is 2.18. The number of carboxylic acids is 1. The lowest BCUT2D eigenvalue weighted by molar-refractivity contribution is -0.134. The number of carboxylic acid groups (broad SMARTS) is 1. The molecule has 0 aromatic heterocycles. The average Bonchev–Trinajstić information content (AvgIpc) is 2.71. The van der Waals surface area contributed by atoms with Gasteiger partial charge in [-0.05, 0) is 42.3 Å². The van der Waals surface area contributed by atoms with Crippen molar-refractivity contribution in [3.8, 4) is 16.9 Å². The molecular weight excluding hydrogens is 402 g/mol. The van der Waals surface area contributed by atoms with Gasteiger partial charge in [-0.25, -0.2) is 8.42 Å². The zero-order valence-corrected chi connectivity index (χ0v) is 17.6. The molecule has 3 aromatic rings. The Balaban J connectivity index is 1.80. The third-order valence-corrected chi connectivity index (χ3v) is 6.36. The number of carbonyl (C=O) groups is 1. The van der Waals surface area contributed by atoms with E-state index in [1.165, 1.54) is 12.1 Å². The Kier molecular flexibility index (Phi) is 6.42. The summed E-state index contributed by atoms with van der Waals surface area (Å²) >= 11 is 0. The van der Waals surface area contributed by atoms with Crippen LogP contribution in [0.2, 0.25) is 0 Å². The zero-order chi connectivity index (χ0) is 21.7. The molecule has 6 nitrogen and oxygen atoms in total. The topological polar surface area (TPSA) is 92.7 Å². The van der Waals surface area contributed by atoms with E-state index in [1.807, 2.05) is 30.3 Å². The first-order chi connectivity index (χ1) is 14.3. The van der Waals surface area contributed by atoms with Crippen LogP contribution in [-0.4, -0.2) is 32.4 Å². The lowest BCUT2D eigenvalue weighted by Gasteiger charge is -2.16. The number of sulfone groups is 1. The quantitative estimate of drug-likeness (QED) is 0.563. The van der Waals surface area contributed by atoms with Gasteiger partial charge in [0.05, 0.1) is 12.0 Å². The van der Waals surface area contributed by atoms with Gasteiger partial charge in [-0.1, -0.05) is 42.5 Å². The van der Waals surface area contributed by atoms with Crippen molar-refractivity contribution in [2.45, 2.75) is 18.4 Å². The van der Waals surface area contributed by atoms with Gasteiger partial charge >= 0.3 is 5.97 Å². The van der Waals surface area contributed by atoms with E-state index in [9.17, 15) is 13.2 Å². The summed E-state index contributed by atoms with van der Waals surface area (Å²) in [6.07, 6.45) is 0. The Bertz CT molecular complexity index is 1150. The SMILES string of the molecule is COc1c(CNc2ccc(S(=O)(=O)CC(=O)O)cc2)cccc1-c1ccccc1C. The zero-order valence-electron chi connectivity index (χ0n) is 16.8. The van der Waals surface area contributed by atoms with E-state index in [0.717, 1.165) is 28.0 Å². The molecule has 0 fully saturated rings. The molecule has 30 heavy (non-hydrogen) atoms. The van der Waals surface area contributed by atoms with Crippen molar-refractivity contribution in [2.75, 3.05) is 18.2 Å². The van der Waals surface area contributed by atoms with Gasteiger partial charge in [-0.2, -0.15) is 0 Å². The van der Waals surface area contributed by atoms with Crippen LogP contribution in [0.1, 0.15) is 11.1 Å². The summed E-state index contributed by atoms with van der Waals surface area (Å²) < 4.78 is 29.7. The molecule has 0 atom stereocenters. The lowest BCUT2D eigenvalue weighted by Crippen LogP contribution is -2.15. The van der Waals surface area contributed by atoms with Crippen LogP contribution in [0, 0.1) is 6.92 Å². The summed E-state index contributed by atoms with van der Waals surface area (Å²) in [5.74, 6) is -1.53. The van der Waals surface area contributed by atoms with Crippen molar-refractivity contribution in [1.82, 2.24) is 0 Å². The Hall–Kier alpha value is -3.32. The number of hydrogen-bond acceptors (Lipinski definition) is 5. The van der Waals surface area contributed by atoms with Gasteiger partial charge in [-0.15, -0.1) is 0 Å². The fourth-order valence-corrected chi connectivity index (χ4v) is 4.32. The second-order valence-electron chi connectivity index (χ2n) is 6.84. The number of methoxy groups -OCH3 is 1. The number of nitrogens with one attached hydrogen (secondary N) is 1. The first-order valence-electron chi connectivity index (χ1n) is 9.32. The number of para-hydroxylation sites is 1. The van der Waals surface area contributed by atoms with Gasteiger partial charge in [0.1, 0.15) is 5.75 Å². The number of aryl methyl sites for hydroxylation is 1. The summed E-state index contributed by atoms with van der Waals surface area (Å²) in [6.45, 7) is 2.53. The summed E-state index contributed by atoms with van der Waals surface area (Å²) in [6, 6.07) is 20.1. The standard InChI is InChI=1S/C23H23NO5S/c1-16-6-3-4-8-20(16)21-9-5-7-17(23(21)29-2)14-24-18-10-12-19(13-11-18)30(27,28)15-22(25)26/h3-13,24H,14-15H2,1-2H3,(H,25,26). The molecule has 0 amide bonds. The highest BCUT2D eigenvalue weighted by atomic mass is 32.2. The molecule has 2 N–H and O–H groups in total. The molecule has 0 saturated heterocycles. The van der Waals surface area contributed by atoms with E-state index >= 15 is 0 Å². The van der Waals surface area contributed by atoms with Gasteiger partial charge < -0.3 is 15.2 Å². The predicted octanol–water partition coefficient (Wildman–Crippen LogP) is 4.14. The number of benzene rings is 3. The number of rotatable bonds is 8. The van der Waals surface area contributed by atoms with E-state index in [0.29, 0.717) is 12.2 Å². The highest BCUT2D eigenvalue weighted by molar-refractivity contribution is 7.92. The van der Waals surface area contributed by atoms with E-state index in [4.69, 9.17) is 9.84 Å². The van der Waals surface area contributed by atoms with Crippen molar-refractivity contribution < 1.29 is 23.1 Å². The smallest absolute Gasteiger partial charge is 0.319 e. The van der Waals surface area contributed by atoms with Gasteiger partial charge in [-0.3, -0.25) is 4.79 Å². The average molecular weight is 426 g/mol. The molecule has 156 valence electrons. The minimum atomic E-state index is -3.84. The third-order valence-electron chi connectivity index (χ3n) is 4.75. The Morgan fingerprint density at radius 1 is 0.967 bits per heavy atom. The van der Waals surface area contributed by atoms with Crippen molar-refractivity contribution in [3.63, 3.8) is 0 Å². The Labute approximate surface area is 176 Å². The summed E-state index contributed by atoms with van der Waals surface area (Å²) in [4.78, 5) is 10.7. The minimum absolute atomic E-state index is 0.0189. The number of hydrogen-bond donors (Lipinski definition) is 2. The van der Waals surface area contributed by atoms with Gasteiger partial charge in [0.25, 0.3) is 0 Å².